The molecule has 1 aliphatic carbocycles. The van der Waals surface area contributed by atoms with Gasteiger partial charge in [0.25, 0.3) is 0 Å². The molecule has 2 nitrogen and oxygen atoms in total. The lowest BCUT2D eigenvalue weighted by Gasteiger charge is -2.21. The second kappa shape index (κ2) is 9.01. The van der Waals surface area contributed by atoms with E-state index in [9.17, 15) is 0 Å². The van der Waals surface area contributed by atoms with Gasteiger partial charge in [-0.15, -0.1) is 11.8 Å². The molecule has 1 heterocycles. The predicted molar refractivity (Wildman–Crippen MR) is 114 cm³/mol. The Bertz CT molecular complexity index is 716. The number of para-hydroxylation sites is 2. The number of fused-ring (bicyclic) bond motifs is 1. The van der Waals surface area contributed by atoms with E-state index in [1.807, 2.05) is 35.7 Å². The molecule has 0 saturated heterocycles. The molecule has 0 N–H and O–H groups in total. The fourth-order valence-electron chi connectivity index (χ4n) is 3.53. The minimum Gasteiger partial charge on any atom is -0.478 e. The number of nitrogens with zero attached hydrogens (tertiary/aromatic N) is 1. The Morgan fingerprint density at radius 2 is 1.77 bits per heavy atom. The zero-order chi connectivity index (χ0) is 17.6. The van der Waals surface area contributed by atoms with Crippen molar-refractivity contribution in [3.63, 3.8) is 0 Å². The summed E-state index contributed by atoms with van der Waals surface area (Å²) < 4.78 is 6.14. The molecular formula is C22H25NOS2. The maximum Gasteiger partial charge on any atom is 0.155 e. The summed E-state index contributed by atoms with van der Waals surface area (Å²) >= 11 is 3.77. The fourth-order valence-corrected chi connectivity index (χ4v) is 5.90. The average Bonchev–Trinajstić information content (AvgIpc) is 3.10. The van der Waals surface area contributed by atoms with Crippen molar-refractivity contribution in [3.8, 4) is 5.75 Å². The van der Waals surface area contributed by atoms with Gasteiger partial charge in [-0.05, 0) is 43.0 Å². The number of hydrogen-bond donors (Lipinski definition) is 0. The largest absolute Gasteiger partial charge is 0.478 e. The summed E-state index contributed by atoms with van der Waals surface area (Å²) in [6.45, 7) is 0. The predicted octanol–water partition coefficient (Wildman–Crippen LogP) is 6.93. The minimum atomic E-state index is 0.133. The summed E-state index contributed by atoms with van der Waals surface area (Å²) in [6.07, 6.45) is 7.83. The van der Waals surface area contributed by atoms with Crippen molar-refractivity contribution in [2.24, 2.45) is 10.9 Å². The van der Waals surface area contributed by atoms with Gasteiger partial charge in [0, 0.05) is 12.2 Å². The van der Waals surface area contributed by atoms with E-state index in [0.29, 0.717) is 0 Å². The highest BCUT2D eigenvalue weighted by Gasteiger charge is 2.25. The van der Waals surface area contributed by atoms with Gasteiger partial charge in [0.15, 0.2) is 5.44 Å². The number of aliphatic imine (C=N–C) groups is 1. The van der Waals surface area contributed by atoms with Crippen LogP contribution in [0.5, 0.6) is 5.75 Å². The van der Waals surface area contributed by atoms with E-state index < -0.39 is 0 Å². The molecule has 136 valence electrons. The van der Waals surface area contributed by atoms with Crippen LogP contribution in [0.2, 0.25) is 0 Å². The molecule has 1 unspecified atom stereocenters. The first kappa shape index (κ1) is 18.0. The highest BCUT2D eigenvalue weighted by atomic mass is 32.2. The van der Waals surface area contributed by atoms with Crippen LogP contribution in [0.25, 0.3) is 0 Å². The maximum absolute atomic E-state index is 6.14. The molecule has 0 aromatic heterocycles. The van der Waals surface area contributed by atoms with Crippen molar-refractivity contribution in [3.05, 3.63) is 54.6 Å². The Labute approximate surface area is 164 Å². The topological polar surface area (TPSA) is 21.6 Å². The molecule has 0 spiro atoms. The summed E-state index contributed by atoms with van der Waals surface area (Å²) in [5.74, 6) is 3.05. The van der Waals surface area contributed by atoms with Crippen LogP contribution in [0.15, 0.2) is 64.5 Å². The first-order valence-corrected chi connectivity index (χ1v) is 11.4. The zero-order valence-electron chi connectivity index (χ0n) is 15.0. The van der Waals surface area contributed by atoms with E-state index in [4.69, 9.17) is 9.73 Å². The molecule has 2 aliphatic rings. The van der Waals surface area contributed by atoms with Gasteiger partial charge in [0.2, 0.25) is 0 Å². The van der Waals surface area contributed by atoms with Crippen molar-refractivity contribution in [2.75, 3.05) is 5.75 Å². The monoisotopic (exact) mass is 383 g/mol. The summed E-state index contributed by atoms with van der Waals surface area (Å²) in [7, 11) is 0. The summed E-state index contributed by atoms with van der Waals surface area (Å²) in [4.78, 5) is 6.20. The molecule has 1 fully saturated rings. The third kappa shape index (κ3) is 4.86. The third-order valence-electron chi connectivity index (χ3n) is 4.93. The van der Waals surface area contributed by atoms with Crippen LogP contribution in [0.3, 0.4) is 0 Å². The first-order valence-electron chi connectivity index (χ1n) is 9.54. The molecule has 1 aliphatic heterocycles. The average molecular weight is 384 g/mol. The summed E-state index contributed by atoms with van der Waals surface area (Å²) in [6, 6.07) is 18.6. The van der Waals surface area contributed by atoms with Gasteiger partial charge >= 0.3 is 0 Å². The molecular weight excluding hydrogens is 358 g/mol. The van der Waals surface area contributed by atoms with Crippen molar-refractivity contribution >= 4 is 34.3 Å². The molecule has 2 aromatic rings. The van der Waals surface area contributed by atoms with Crippen molar-refractivity contribution in [1.82, 2.24) is 0 Å². The number of hydrogen-bond acceptors (Lipinski definition) is 4. The van der Waals surface area contributed by atoms with Crippen LogP contribution in [0, 0.1) is 5.92 Å². The molecule has 2 aromatic carbocycles. The second-order valence-corrected chi connectivity index (χ2v) is 9.27. The van der Waals surface area contributed by atoms with E-state index in [0.717, 1.165) is 23.8 Å². The number of thioether (sulfide) groups is 2. The molecule has 0 bridgehead atoms. The van der Waals surface area contributed by atoms with Gasteiger partial charge < -0.3 is 4.74 Å². The highest BCUT2D eigenvalue weighted by Crippen LogP contribution is 2.42. The van der Waals surface area contributed by atoms with Crippen LogP contribution in [-0.4, -0.2) is 16.2 Å². The number of rotatable bonds is 5. The Balaban J connectivity index is 1.43. The van der Waals surface area contributed by atoms with Crippen molar-refractivity contribution < 1.29 is 4.74 Å². The van der Waals surface area contributed by atoms with Crippen molar-refractivity contribution in [1.29, 1.82) is 0 Å². The number of ether oxygens (including phenoxy) is 1. The number of benzene rings is 2. The van der Waals surface area contributed by atoms with Crippen LogP contribution < -0.4 is 4.74 Å². The van der Waals surface area contributed by atoms with Gasteiger partial charge in [-0.1, -0.05) is 61.4 Å². The molecule has 0 radical (unpaired) electrons. The van der Waals surface area contributed by atoms with Crippen LogP contribution >= 0.6 is 23.5 Å². The Kier molecular flexibility index (Phi) is 6.23. The van der Waals surface area contributed by atoms with Crippen molar-refractivity contribution in [2.45, 2.75) is 48.9 Å². The van der Waals surface area contributed by atoms with Gasteiger partial charge in [0.05, 0.1) is 15.6 Å². The van der Waals surface area contributed by atoms with Crippen LogP contribution in [0.1, 0.15) is 38.5 Å². The molecule has 26 heavy (non-hydrogen) atoms. The molecule has 1 saturated carbocycles. The second-order valence-electron chi connectivity index (χ2n) is 6.97. The molecule has 1 atom stereocenters. The van der Waals surface area contributed by atoms with Crippen LogP contribution in [-0.2, 0) is 0 Å². The van der Waals surface area contributed by atoms with E-state index in [-0.39, 0.29) is 5.44 Å². The van der Waals surface area contributed by atoms with Gasteiger partial charge in [-0.25, -0.2) is 4.99 Å². The van der Waals surface area contributed by atoms with E-state index >= 15 is 0 Å². The normalized spacial score (nSPS) is 20.6. The van der Waals surface area contributed by atoms with Crippen LogP contribution in [0.4, 0.5) is 5.69 Å². The van der Waals surface area contributed by atoms with Gasteiger partial charge in [-0.2, -0.15) is 0 Å². The lowest BCUT2D eigenvalue weighted by atomic mass is 9.91. The van der Waals surface area contributed by atoms with E-state index in [1.54, 1.807) is 0 Å². The SMILES string of the molecule is c1ccc(N=C(CC2Oc3ccccc3S2)SCC2CCCCC2)cc1. The zero-order valence-corrected chi connectivity index (χ0v) is 16.6. The Morgan fingerprint density at radius 3 is 2.58 bits per heavy atom. The fraction of sp³-hybridized carbons (Fsp3) is 0.409. The summed E-state index contributed by atoms with van der Waals surface area (Å²) in [5.41, 5.74) is 1.17. The van der Waals surface area contributed by atoms with E-state index in [2.05, 4.69) is 42.5 Å². The quantitative estimate of drug-likeness (QED) is 0.413. The minimum absolute atomic E-state index is 0.133. The Morgan fingerprint density at radius 1 is 1.00 bits per heavy atom. The Hall–Kier alpha value is -1.39. The smallest absolute Gasteiger partial charge is 0.155 e. The van der Waals surface area contributed by atoms with Gasteiger partial charge in [0.1, 0.15) is 5.75 Å². The first-order chi connectivity index (χ1) is 12.9. The van der Waals surface area contributed by atoms with E-state index in [1.165, 1.54) is 47.8 Å². The maximum atomic E-state index is 6.14. The third-order valence-corrected chi connectivity index (χ3v) is 7.27. The van der Waals surface area contributed by atoms with Gasteiger partial charge in [-0.3, -0.25) is 0 Å². The molecule has 4 heteroatoms. The summed E-state index contributed by atoms with van der Waals surface area (Å²) in [5, 5.41) is 1.20. The highest BCUT2D eigenvalue weighted by molar-refractivity contribution is 8.14. The standard InChI is InChI=1S/C22H25NOS2/c1-3-9-17(10-4-1)16-25-21(23-18-11-5-2-6-12-18)15-22-24-19-13-7-8-14-20(19)26-22/h2,5-8,11-14,17,22H,1,3-4,9-10,15-16H2. The molecule has 0 amide bonds. The lowest BCUT2D eigenvalue weighted by molar-refractivity contribution is 0.303. The molecule has 4 rings (SSSR count). The lowest BCUT2D eigenvalue weighted by Crippen LogP contribution is -2.14.